The summed E-state index contributed by atoms with van der Waals surface area (Å²) < 4.78 is 29.2. The average molecular weight is 436 g/mol. The number of rotatable bonds is 3. The SMILES string of the molecule is Cc1ccc(-c2n[nH]c(=O)c3c2CCCC3)cc1S(=O)(=O)N1c2ccccc2C[C@H]1C. The molecule has 1 aliphatic heterocycles. The van der Waals surface area contributed by atoms with E-state index >= 15 is 0 Å². The fourth-order valence-electron chi connectivity index (χ4n) is 4.93. The average Bonchev–Trinajstić information content (AvgIpc) is 3.11. The Labute approximate surface area is 182 Å². The molecule has 1 N–H and O–H groups in total. The number of H-pyrrole nitrogens is 1. The topological polar surface area (TPSA) is 83.1 Å². The van der Waals surface area contributed by atoms with Crippen molar-refractivity contribution in [2.75, 3.05) is 4.31 Å². The van der Waals surface area contributed by atoms with Crippen molar-refractivity contribution in [3.05, 3.63) is 75.1 Å². The van der Waals surface area contributed by atoms with Gasteiger partial charge in [-0.15, -0.1) is 0 Å². The predicted molar refractivity (Wildman–Crippen MR) is 121 cm³/mol. The van der Waals surface area contributed by atoms with Crippen LogP contribution in [-0.2, 0) is 29.3 Å². The van der Waals surface area contributed by atoms with Crippen LogP contribution in [0.1, 0.15) is 42.0 Å². The Morgan fingerprint density at radius 2 is 1.81 bits per heavy atom. The summed E-state index contributed by atoms with van der Waals surface area (Å²) in [5.41, 5.74) is 5.48. The van der Waals surface area contributed by atoms with Crippen LogP contribution in [0.15, 0.2) is 52.2 Å². The lowest BCUT2D eigenvalue weighted by Crippen LogP contribution is -2.36. The number of nitrogens with zero attached hydrogens (tertiary/aromatic N) is 2. The molecule has 2 aliphatic rings. The number of hydrogen-bond acceptors (Lipinski definition) is 4. The molecular weight excluding hydrogens is 410 g/mol. The lowest BCUT2D eigenvalue weighted by Gasteiger charge is -2.26. The van der Waals surface area contributed by atoms with Gasteiger partial charge >= 0.3 is 0 Å². The van der Waals surface area contributed by atoms with Gasteiger partial charge in [-0.3, -0.25) is 9.10 Å². The highest BCUT2D eigenvalue weighted by Gasteiger charge is 2.36. The van der Waals surface area contributed by atoms with Gasteiger partial charge in [0.15, 0.2) is 0 Å². The molecule has 0 fully saturated rings. The first-order valence-electron chi connectivity index (χ1n) is 10.7. The normalized spacial score (nSPS) is 18.0. The molecule has 0 bridgehead atoms. The fraction of sp³-hybridized carbons (Fsp3) is 0.333. The van der Waals surface area contributed by atoms with E-state index in [-0.39, 0.29) is 16.5 Å². The largest absolute Gasteiger partial charge is 0.268 e. The summed E-state index contributed by atoms with van der Waals surface area (Å²) in [7, 11) is -3.76. The number of aryl methyl sites for hydroxylation is 1. The van der Waals surface area contributed by atoms with Crippen LogP contribution >= 0.6 is 0 Å². The zero-order valence-electron chi connectivity index (χ0n) is 17.7. The summed E-state index contributed by atoms with van der Waals surface area (Å²) in [4.78, 5) is 12.5. The van der Waals surface area contributed by atoms with Crippen molar-refractivity contribution in [3.8, 4) is 11.3 Å². The molecule has 1 atom stereocenters. The van der Waals surface area contributed by atoms with Gasteiger partial charge in [0, 0.05) is 17.2 Å². The quantitative estimate of drug-likeness (QED) is 0.679. The molecule has 0 spiro atoms. The summed E-state index contributed by atoms with van der Waals surface area (Å²) in [6.45, 7) is 3.76. The molecule has 1 aromatic heterocycles. The number of fused-ring (bicyclic) bond motifs is 2. The summed E-state index contributed by atoms with van der Waals surface area (Å²) in [6.07, 6.45) is 4.21. The lowest BCUT2D eigenvalue weighted by molar-refractivity contribution is 0.583. The number of hydrogen-bond donors (Lipinski definition) is 1. The maximum absolute atomic E-state index is 13.8. The van der Waals surface area contributed by atoms with E-state index in [1.807, 2.05) is 50.2 Å². The molecule has 0 radical (unpaired) electrons. The highest BCUT2D eigenvalue weighted by molar-refractivity contribution is 7.93. The molecule has 160 valence electrons. The summed E-state index contributed by atoms with van der Waals surface area (Å²) in [5, 5.41) is 6.93. The van der Waals surface area contributed by atoms with E-state index < -0.39 is 10.0 Å². The van der Waals surface area contributed by atoms with E-state index in [1.54, 1.807) is 10.4 Å². The molecular formula is C24H25N3O3S. The van der Waals surface area contributed by atoms with Crippen LogP contribution < -0.4 is 9.86 Å². The maximum atomic E-state index is 13.8. The summed E-state index contributed by atoms with van der Waals surface area (Å²) >= 11 is 0. The van der Waals surface area contributed by atoms with Gasteiger partial charge in [0.25, 0.3) is 15.6 Å². The first-order chi connectivity index (χ1) is 14.9. The smallest absolute Gasteiger partial charge is 0.267 e. The van der Waals surface area contributed by atoms with Gasteiger partial charge in [0.1, 0.15) is 0 Å². The Bertz CT molecular complexity index is 1340. The van der Waals surface area contributed by atoms with Gasteiger partial charge < -0.3 is 0 Å². The zero-order valence-corrected chi connectivity index (χ0v) is 18.5. The first-order valence-corrected chi connectivity index (χ1v) is 12.2. The fourth-order valence-corrected chi connectivity index (χ4v) is 6.88. The second-order valence-corrected chi connectivity index (χ2v) is 10.3. The van der Waals surface area contributed by atoms with E-state index in [9.17, 15) is 13.2 Å². The molecule has 5 rings (SSSR count). The van der Waals surface area contributed by atoms with Crippen LogP contribution in [-0.4, -0.2) is 24.7 Å². The van der Waals surface area contributed by atoms with Crippen LogP contribution in [0.3, 0.4) is 0 Å². The number of sulfonamides is 1. The standard InChI is InChI=1S/C24H25N3O3S/c1-15-11-12-18(23-19-8-4-5-9-20(19)24(28)26-25-23)14-22(15)31(29,30)27-16(2)13-17-7-3-6-10-21(17)27/h3,6-7,10-12,14,16H,4-5,8-9,13H2,1-2H3,(H,26,28)/t16-/m1/s1. The van der Waals surface area contributed by atoms with E-state index in [0.717, 1.165) is 53.6 Å². The van der Waals surface area contributed by atoms with Crippen molar-refractivity contribution >= 4 is 15.7 Å². The molecule has 6 nitrogen and oxygen atoms in total. The van der Waals surface area contributed by atoms with E-state index in [2.05, 4.69) is 10.2 Å². The van der Waals surface area contributed by atoms with Gasteiger partial charge in [0.05, 0.1) is 16.3 Å². The van der Waals surface area contributed by atoms with Gasteiger partial charge in [-0.2, -0.15) is 5.10 Å². The van der Waals surface area contributed by atoms with Crippen LogP contribution in [0, 0.1) is 6.92 Å². The third-order valence-electron chi connectivity index (χ3n) is 6.44. The molecule has 0 saturated carbocycles. The van der Waals surface area contributed by atoms with Crippen LogP contribution in [0.5, 0.6) is 0 Å². The molecule has 0 amide bonds. The summed E-state index contributed by atoms with van der Waals surface area (Å²) in [5.74, 6) is 0. The number of aromatic nitrogens is 2. The van der Waals surface area contributed by atoms with Crippen molar-refractivity contribution in [1.29, 1.82) is 0 Å². The minimum Gasteiger partial charge on any atom is -0.268 e. The number of benzene rings is 2. The number of aromatic amines is 1. The molecule has 2 heterocycles. The molecule has 31 heavy (non-hydrogen) atoms. The third kappa shape index (κ3) is 3.19. The van der Waals surface area contributed by atoms with Crippen LogP contribution in [0.2, 0.25) is 0 Å². The van der Waals surface area contributed by atoms with E-state index in [0.29, 0.717) is 17.7 Å². The molecule has 3 aromatic rings. The number of anilines is 1. The van der Waals surface area contributed by atoms with Crippen molar-refractivity contribution in [2.24, 2.45) is 0 Å². The zero-order chi connectivity index (χ0) is 21.8. The van der Waals surface area contributed by atoms with Crippen molar-refractivity contribution < 1.29 is 8.42 Å². The Morgan fingerprint density at radius 3 is 2.61 bits per heavy atom. The molecule has 0 saturated heterocycles. The molecule has 7 heteroatoms. The number of para-hydroxylation sites is 1. The second kappa shape index (κ2) is 7.34. The highest BCUT2D eigenvalue weighted by atomic mass is 32.2. The van der Waals surface area contributed by atoms with Crippen molar-refractivity contribution in [2.45, 2.75) is 56.9 Å². The van der Waals surface area contributed by atoms with Crippen LogP contribution in [0.25, 0.3) is 11.3 Å². The van der Waals surface area contributed by atoms with E-state index in [4.69, 9.17) is 0 Å². The highest BCUT2D eigenvalue weighted by Crippen LogP contribution is 2.38. The third-order valence-corrected chi connectivity index (χ3v) is 8.51. The van der Waals surface area contributed by atoms with Gasteiger partial charge in [-0.05, 0) is 74.8 Å². The second-order valence-electron chi connectivity index (χ2n) is 8.53. The Morgan fingerprint density at radius 1 is 1.06 bits per heavy atom. The molecule has 1 aliphatic carbocycles. The Hall–Kier alpha value is -2.93. The minimum absolute atomic E-state index is 0.138. The lowest BCUT2D eigenvalue weighted by atomic mass is 9.90. The van der Waals surface area contributed by atoms with Gasteiger partial charge in [-0.25, -0.2) is 13.5 Å². The monoisotopic (exact) mass is 435 g/mol. The van der Waals surface area contributed by atoms with Crippen molar-refractivity contribution in [1.82, 2.24) is 10.2 Å². The maximum Gasteiger partial charge on any atom is 0.267 e. The molecule has 0 unspecified atom stereocenters. The van der Waals surface area contributed by atoms with Crippen molar-refractivity contribution in [3.63, 3.8) is 0 Å². The first kappa shape index (κ1) is 20.0. The van der Waals surface area contributed by atoms with E-state index in [1.165, 1.54) is 0 Å². The molecule has 2 aromatic carbocycles. The minimum atomic E-state index is -3.76. The Kier molecular flexibility index (Phi) is 4.73. The van der Waals surface area contributed by atoms with Gasteiger partial charge in [-0.1, -0.05) is 30.3 Å². The van der Waals surface area contributed by atoms with Crippen LogP contribution in [0.4, 0.5) is 5.69 Å². The predicted octanol–water partition coefficient (Wildman–Crippen LogP) is 3.76. The number of nitrogens with one attached hydrogen (secondary N) is 1. The van der Waals surface area contributed by atoms with Gasteiger partial charge in [0.2, 0.25) is 0 Å². The Balaban J connectivity index is 1.65. The summed E-state index contributed by atoms with van der Waals surface area (Å²) in [6, 6.07) is 13.0.